The van der Waals surface area contributed by atoms with E-state index in [0.29, 0.717) is 5.92 Å². The number of hydrogen-bond donors (Lipinski definition) is 0. The molecular weight excluding hydrogens is 244 g/mol. The van der Waals surface area contributed by atoms with Gasteiger partial charge in [-0.15, -0.1) is 0 Å². The van der Waals surface area contributed by atoms with Gasteiger partial charge in [-0.3, -0.25) is 9.59 Å². The molecule has 0 amide bonds. The minimum atomic E-state index is -0.474. The van der Waals surface area contributed by atoms with E-state index in [1.807, 2.05) is 0 Å². The predicted molar refractivity (Wildman–Crippen MR) is 71.5 cm³/mol. The van der Waals surface area contributed by atoms with Crippen molar-refractivity contribution in [2.75, 3.05) is 7.11 Å². The van der Waals surface area contributed by atoms with Gasteiger partial charge in [0.15, 0.2) is 0 Å². The van der Waals surface area contributed by atoms with E-state index in [0.717, 1.165) is 35.2 Å². The van der Waals surface area contributed by atoms with Crippen LogP contribution in [0.15, 0.2) is 23.0 Å². The predicted octanol–water partition coefficient (Wildman–Crippen LogP) is 1.62. The quantitative estimate of drug-likeness (QED) is 0.777. The molecule has 1 aliphatic rings. The molecule has 1 aromatic rings. The molecule has 102 valence electrons. The third kappa shape index (κ3) is 3.30. The number of esters is 1. The molecule has 0 radical (unpaired) electrons. The van der Waals surface area contributed by atoms with Gasteiger partial charge in [-0.1, -0.05) is 13.0 Å². The van der Waals surface area contributed by atoms with Crippen molar-refractivity contribution in [2.24, 2.45) is 5.92 Å². The maximum atomic E-state index is 11.6. The maximum absolute atomic E-state index is 11.6. The number of carbonyl (C=O) groups excluding carboxylic acids is 1. The summed E-state index contributed by atoms with van der Waals surface area (Å²) in [6.07, 6.45) is 5.30. The number of methoxy groups -OCH3 is 1. The fourth-order valence-corrected chi connectivity index (χ4v) is 2.12. The number of ether oxygens (including phenoxy) is 1. The minimum absolute atomic E-state index is 0.146. The lowest BCUT2D eigenvalue weighted by atomic mass is 9.90. The van der Waals surface area contributed by atoms with Crippen molar-refractivity contribution in [1.82, 2.24) is 9.78 Å². The second-order valence-electron chi connectivity index (χ2n) is 4.90. The van der Waals surface area contributed by atoms with Gasteiger partial charge in [-0.2, -0.15) is 5.10 Å². The van der Waals surface area contributed by atoms with Gasteiger partial charge in [-0.25, -0.2) is 4.68 Å². The molecule has 1 heterocycles. The highest BCUT2D eigenvalue weighted by molar-refractivity contribution is 5.69. The minimum Gasteiger partial charge on any atom is -0.468 e. The second-order valence-corrected chi connectivity index (χ2v) is 4.90. The molecule has 1 atom stereocenters. The number of allylic oxidation sites excluding steroid dienone is 2. The number of rotatable bonds is 3. The summed E-state index contributed by atoms with van der Waals surface area (Å²) in [4.78, 5) is 22.9. The van der Waals surface area contributed by atoms with Gasteiger partial charge in [0, 0.05) is 6.07 Å². The van der Waals surface area contributed by atoms with Crippen LogP contribution in [0.25, 0.3) is 5.57 Å². The van der Waals surface area contributed by atoms with Crippen LogP contribution >= 0.6 is 0 Å². The van der Waals surface area contributed by atoms with E-state index in [-0.39, 0.29) is 12.1 Å². The van der Waals surface area contributed by atoms with Gasteiger partial charge in [0.2, 0.25) is 0 Å². The number of carbonyl (C=O) groups is 1. The van der Waals surface area contributed by atoms with Crippen molar-refractivity contribution < 1.29 is 9.53 Å². The van der Waals surface area contributed by atoms with Crippen LogP contribution in [0.2, 0.25) is 0 Å². The van der Waals surface area contributed by atoms with Crippen LogP contribution in [-0.4, -0.2) is 22.9 Å². The Labute approximate surface area is 111 Å². The molecule has 0 spiro atoms. The van der Waals surface area contributed by atoms with Crippen LogP contribution in [-0.2, 0) is 16.1 Å². The van der Waals surface area contributed by atoms with E-state index < -0.39 is 5.97 Å². The first kappa shape index (κ1) is 13.5. The summed E-state index contributed by atoms with van der Waals surface area (Å²) < 4.78 is 5.71. The van der Waals surface area contributed by atoms with E-state index in [1.165, 1.54) is 13.2 Å². The van der Waals surface area contributed by atoms with E-state index in [1.54, 1.807) is 6.07 Å². The molecule has 0 aliphatic heterocycles. The molecule has 0 aromatic carbocycles. The molecular formula is C14H18N2O3. The fourth-order valence-electron chi connectivity index (χ4n) is 2.12. The first-order valence-corrected chi connectivity index (χ1v) is 6.44. The number of nitrogens with zero attached hydrogens (tertiary/aromatic N) is 2. The monoisotopic (exact) mass is 262 g/mol. The van der Waals surface area contributed by atoms with Crippen LogP contribution in [0.1, 0.15) is 31.9 Å². The van der Waals surface area contributed by atoms with Crippen LogP contribution in [0.3, 0.4) is 0 Å². The van der Waals surface area contributed by atoms with Crippen LogP contribution in [0.4, 0.5) is 0 Å². The van der Waals surface area contributed by atoms with Crippen molar-refractivity contribution in [3.05, 3.63) is 34.3 Å². The van der Waals surface area contributed by atoms with Gasteiger partial charge in [0.25, 0.3) is 5.56 Å². The lowest BCUT2D eigenvalue weighted by molar-refractivity contribution is -0.141. The maximum Gasteiger partial charge on any atom is 0.327 e. The van der Waals surface area contributed by atoms with Crippen LogP contribution in [0.5, 0.6) is 0 Å². The zero-order valence-corrected chi connectivity index (χ0v) is 11.3. The molecule has 0 fully saturated rings. The molecule has 0 N–H and O–H groups in total. The third-order valence-corrected chi connectivity index (χ3v) is 3.38. The summed E-state index contributed by atoms with van der Waals surface area (Å²) in [6, 6.07) is 3.17. The molecule has 0 bridgehead atoms. The fraction of sp³-hybridized carbons (Fsp3) is 0.500. The summed E-state index contributed by atoms with van der Waals surface area (Å²) in [7, 11) is 1.29. The average molecular weight is 262 g/mol. The van der Waals surface area contributed by atoms with E-state index in [9.17, 15) is 9.59 Å². The summed E-state index contributed by atoms with van der Waals surface area (Å²) in [5.74, 6) is 0.225. The van der Waals surface area contributed by atoms with E-state index >= 15 is 0 Å². The summed E-state index contributed by atoms with van der Waals surface area (Å²) in [5.41, 5.74) is 1.63. The molecule has 1 unspecified atom stereocenters. The van der Waals surface area contributed by atoms with Gasteiger partial charge in [-0.05, 0) is 36.8 Å². The van der Waals surface area contributed by atoms with Gasteiger partial charge in [0.05, 0.1) is 12.8 Å². The Hall–Kier alpha value is -1.91. The summed E-state index contributed by atoms with van der Waals surface area (Å²) >= 11 is 0. The van der Waals surface area contributed by atoms with E-state index in [2.05, 4.69) is 22.8 Å². The van der Waals surface area contributed by atoms with Gasteiger partial charge in [0.1, 0.15) is 6.54 Å². The average Bonchev–Trinajstić information content (AvgIpc) is 2.42. The van der Waals surface area contributed by atoms with Crippen LogP contribution in [0, 0.1) is 5.92 Å². The highest BCUT2D eigenvalue weighted by Crippen LogP contribution is 2.28. The van der Waals surface area contributed by atoms with Crippen molar-refractivity contribution >= 4 is 11.5 Å². The van der Waals surface area contributed by atoms with Crippen molar-refractivity contribution in [2.45, 2.75) is 32.7 Å². The summed E-state index contributed by atoms with van der Waals surface area (Å²) in [5, 5.41) is 4.24. The Morgan fingerprint density at radius 3 is 2.95 bits per heavy atom. The molecule has 1 aliphatic carbocycles. The molecule has 5 nitrogen and oxygen atoms in total. The zero-order chi connectivity index (χ0) is 13.8. The molecule has 0 saturated heterocycles. The van der Waals surface area contributed by atoms with Crippen LogP contribution < -0.4 is 5.56 Å². The van der Waals surface area contributed by atoms with Crippen molar-refractivity contribution in [1.29, 1.82) is 0 Å². The molecule has 1 aromatic heterocycles. The normalized spacial score (nSPS) is 18.8. The third-order valence-electron chi connectivity index (χ3n) is 3.38. The smallest absolute Gasteiger partial charge is 0.327 e. The molecule has 0 saturated carbocycles. The molecule has 19 heavy (non-hydrogen) atoms. The Morgan fingerprint density at radius 1 is 1.53 bits per heavy atom. The topological polar surface area (TPSA) is 61.2 Å². The number of hydrogen-bond acceptors (Lipinski definition) is 4. The Balaban J connectivity index is 2.26. The largest absolute Gasteiger partial charge is 0.468 e. The highest BCUT2D eigenvalue weighted by Gasteiger charge is 2.14. The van der Waals surface area contributed by atoms with E-state index in [4.69, 9.17) is 0 Å². The lowest BCUT2D eigenvalue weighted by Crippen LogP contribution is -2.27. The van der Waals surface area contributed by atoms with Gasteiger partial charge < -0.3 is 4.74 Å². The number of aromatic nitrogens is 2. The lowest BCUT2D eigenvalue weighted by Gasteiger charge is -2.18. The SMILES string of the molecule is COC(=O)Cn1nc(C2=CCC(C)CC2)ccc1=O. The van der Waals surface area contributed by atoms with Crippen molar-refractivity contribution in [3.8, 4) is 0 Å². The molecule has 2 rings (SSSR count). The first-order chi connectivity index (χ1) is 9.10. The Kier molecular flexibility index (Phi) is 4.14. The highest BCUT2D eigenvalue weighted by atomic mass is 16.5. The Bertz CT molecular complexity index is 560. The summed E-state index contributed by atoms with van der Waals surface area (Å²) in [6.45, 7) is 2.08. The molecule has 5 heteroatoms. The Morgan fingerprint density at radius 2 is 2.32 bits per heavy atom. The zero-order valence-electron chi connectivity index (χ0n) is 11.3. The second kappa shape index (κ2) is 5.82. The van der Waals surface area contributed by atoms with Gasteiger partial charge >= 0.3 is 5.97 Å². The van der Waals surface area contributed by atoms with Crippen molar-refractivity contribution in [3.63, 3.8) is 0 Å². The standard InChI is InChI=1S/C14H18N2O3/c1-10-3-5-11(6-4-10)12-7-8-13(17)16(15-12)9-14(18)19-2/h5,7-8,10H,3-4,6,9H2,1-2H3. The first-order valence-electron chi connectivity index (χ1n) is 6.44.